The molecule has 0 aliphatic carbocycles. The minimum absolute atomic E-state index is 0.0835. The second-order valence-electron chi connectivity index (χ2n) is 7.26. The van der Waals surface area contributed by atoms with E-state index in [1.165, 1.54) is 19.3 Å². The molecule has 1 aliphatic rings. The number of amides is 1. The highest BCUT2D eigenvalue weighted by Gasteiger charge is 2.23. The molecule has 0 saturated carbocycles. The van der Waals surface area contributed by atoms with Gasteiger partial charge in [0.15, 0.2) is 0 Å². The van der Waals surface area contributed by atoms with Crippen LogP contribution in [0.25, 0.3) is 21.8 Å². The lowest BCUT2D eigenvalue weighted by Gasteiger charge is -2.31. The van der Waals surface area contributed by atoms with Gasteiger partial charge >= 0.3 is 0 Å². The lowest BCUT2D eigenvalue weighted by atomic mass is 10.1. The van der Waals surface area contributed by atoms with E-state index < -0.39 is 0 Å². The number of nitrogens with zero attached hydrogens (tertiary/aromatic N) is 5. The Morgan fingerprint density at radius 1 is 1.24 bits per heavy atom. The fraction of sp³-hybridized carbons (Fsp3) is 0.429. The standard InChI is InChI=1S/C21H26N6OS/c1-16(26-10-3-2-4-11-26)21(28)24-9-12-27-20(19-6-5-13-29-19)17(14-25-27)18-15-22-7-8-23-18/h5-8,13-16H,2-4,9-12H2,1H3,(H,24,28). The van der Waals surface area contributed by atoms with Crippen molar-refractivity contribution < 1.29 is 4.79 Å². The van der Waals surface area contributed by atoms with Gasteiger partial charge in [-0.1, -0.05) is 12.5 Å². The summed E-state index contributed by atoms with van der Waals surface area (Å²) in [7, 11) is 0. The van der Waals surface area contributed by atoms with Gasteiger partial charge in [-0.05, 0) is 44.3 Å². The molecule has 1 atom stereocenters. The Balaban J connectivity index is 1.45. The number of carbonyl (C=O) groups excluding carboxylic acids is 1. The summed E-state index contributed by atoms with van der Waals surface area (Å²) in [6.45, 7) is 5.16. The summed E-state index contributed by atoms with van der Waals surface area (Å²) < 4.78 is 1.95. The summed E-state index contributed by atoms with van der Waals surface area (Å²) >= 11 is 1.66. The van der Waals surface area contributed by atoms with E-state index in [2.05, 4.69) is 36.7 Å². The second-order valence-corrected chi connectivity index (χ2v) is 8.21. The normalized spacial score (nSPS) is 15.9. The van der Waals surface area contributed by atoms with Crippen molar-refractivity contribution in [3.05, 3.63) is 42.3 Å². The number of rotatable bonds is 7. The fourth-order valence-corrected chi connectivity index (χ4v) is 4.55. The number of hydrogen-bond donors (Lipinski definition) is 1. The van der Waals surface area contributed by atoms with Crippen LogP contribution in [0, 0.1) is 0 Å². The van der Waals surface area contributed by atoms with Gasteiger partial charge in [0.05, 0.1) is 41.2 Å². The van der Waals surface area contributed by atoms with Gasteiger partial charge in [0, 0.05) is 24.5 Å². The van der Waals surface area contributed by atoms with Gasteiger partial charge in [0.2, 0.25) is 5.91 Å². The number of piperidine rings is 1. The number of nitrogens with one attached hydrogen (secondary N) is 1. The number of aromatic nitrogens is 4. The van der Waals surface area contributed by atoms with Crippen molar-refractivity contribution in [3.63, 3.8) is 0 Å². The van der Waals surface area contributed by atoms with Crippen molar-refractivity contribution >= 4 is 17.2 Å². The highest BCUT2D eigenvalue weighted by atomic mass is 32.1. The van der Waals surface area contributed by atoms with Crippen LogP contribution in [0.15, 0.2) is 42.3 Å². The molecule has 29 heavy (non-hydrogen) atoms. The van der Waals surface area contributed by atoms with E-state index in [1.807, 2.05) is 23.9 Å². The summed E-state index contributed by atoms with van der Waals surface area (Å²) in [5, 5.41) is 9.71. The highest BCUT2D eigenvalue weighted by Crippen LogP contribution is 2.33. The Kier molecular flexibility index (Phi) is 6.31. The zero-order valence-corrected chi connectivity index (χ0v) is 17.4. The largest absolute Gasteiger partial charge is 0.353 e. The molecule has 0 bridgehead atoms. The number of carbonyl (C=O) groups is 1. The Hall–Kier alpha value is -2.58. The lowest BCUT2D eigenvalue weighted by molar-refractivity contribution is -0.126. The van der Waals surface area contributed by atoms with Gasteiger partial charge in [-0.2, -0.15) is 5.10 Å². The van der Waals surface area contributed by atoms with E-state index in [9.17, 15) is 4.79 Å². The van der Waals surface area contributed by atoms with Crippen LogP contribution in [0.1, 0.15) is 26.2 Å². The van der Waals surface area contributed by atoms with E-state index in [4.69, 9.17) is 0 Å². The first kappa shape index (κ1) is 19.7. The third-order valence-electron chi connectivity index (χ3n) is 5.37. The summed E-state index contributed by atoms with van der Waals surface area (Å²) in [5.41, 5.74) is 2.76. The molecule has 0 radical (unpaired) electrons. The third-order valence-corrected chi connectivity index (χ3v) is 6.25. The monoisotopic (exact) mass is 410 g/mol. The average molecular weight is 411 g/mol. The quantitative estimate of drug-likeness (QED) is 0.648. The van der Waals surface area contributed by atoms with Crippen LogP contribution in [0.5, 0.6) is 0 Å². The molecule has 3 aromatic rings. The zero-order chi connectivity index (χ0) is 20.1. The van der Waals surface area contributed by atoms with Crippen molar-refractivity contribution in [2.75, 3.05) is 19.6 Å². The van der Waals surface area contributed by atoms with Crippen LogP contribution >= 0.6 is 11.3 Å². The smallest absolute Gasteiger partial charge is 0.237 e. The average Bonchev–Trinajstić information content (AvgIpc) is 3.44. The number of hydrogen-bond acceptors (Lipinski definition) is 6. The first-order chi connectivity index (χ1) is 14.2. The number of likely N-dealkylation sites (tertiary alicyclic amines) is 1. The summed E-state index contributed by atoms with van der Waals surface area (Å²) in [5.74, 6) is 0.0888. The molecule has 3 aromatic heterocycles. The van der Waals surface area contributed by atoms with Crippen molar-refractivity contribution in [2.24, 2.45) is 0 Å². The number of thiophene rings is 1. The Morgan fingerprint density at radius 2 is 2.10 bits per heavy atom. The molecule has 4 heterocycles. The highest BCUT2D eigenvalue weighted by molar-refractivity contribution is 7.13. The van der Waals surface area contributed by atoms with Crippen LogP contribution in [-0.4, -0.2) is 56.2 Å². The maximum absolute atomic E-state index is 12.6. The molecule has 1 N–H and O–H groups in total. The van der Waals surface area contributed by atoms with Crippen LogP contribution in [-0.2, 0) is 11.3 Å². The summed E-state index contributed by atoms with van der Waals surface area (Å²) in [6, 6.07) is 4.02. The van der Waals surface area contributed by atoms with E-state index in [0.29, 0.717) is 13.1 Å². The van der Waals surface area contributed by atoms with E-state index in [-0.39, 0.29) is 11.9 Å². The molecule has 1 aliphatic heterocycles. The SMILES string of the molecule is CC(C(=O)NCCn1ncc(-c2cnccn2)c1-c1cccs1)N1CCCCC1. The Labute approximate surface area is 174 Å². The molecule has 1 amide bonds. The van der Waals surface area contributed by atoms with E-state index >= 15 is 0 Å². The molecule has 1 fully saturated rings. The van der Waals surface area contributed by atoms with Crippen molar-refractivity contribution in [1.82, 2.24) is 30.0 Å². The third kappa shape index (κ3) is 4.54. The Bertz CT molecular complexity index is 918. The molecular weight excluding hydrogens is 384 g/mol. The van der Waals surface area contributed by atoms with E-state index in [0.717, 1.165) is 34.9 Å². The van der Waals surface area contributed by atoms with Crippen molar-refractivity contribution in [1.29, 1.82) is 0 Å². The van der Waals surface area contributed by atoms with Crippen molar-refractivity contribution in [3.8, 4) is 21.8 Å². The lowest BCUT2D eigenvalue weighted by Crippen LogP contribution is -2.47. The van der Waals surface area contributed by atoms with Gasteiger partial charge in [-0.3, -0.25) is 24.3 Å². The molecule has 0 aromatic carbocycles. The predicted octanol–water partition coefficient (Wildman–Crippen LogP) is 3.06. The van der Waals surface area contributed by atoms with Crippen LogP contribution in [0.2, 0.25) is 0 Å². The predicted molar refractivity (Wildman–Crippen MR) is 114 cm³/mol. The molecule has 152 valence electrons. The van der Waals surface area contributed by atoms with Crippen LogP contribution < -0.4 is 5.32 Å². The van der Waals surface area contributed by atoms with Crippen molar-refractivity contribution in [2.45, 2.75) is 38.8 Å². The Morgan fingerprint density at radius 3 is 2.83 bits per heavy atom. The van der Waals surface area contributed by atoms with Gasteiger partial charge in [0.25, 0.3) is 0 Å². The van der Waals surface area contributed by atoms with Crippen LogP contribution in [0.3, 0.4) is 0 Å². The first-order valence-electron chi connectivity index (χ1n) is 10.1. The maximum Gasteiger partial charge on any atom is 0.237 e. The van der Waals surface area contributed by atoms with Gasteiger partial charge < -0.3 is 5.32 Å². The molecular formula is C21H26N6OS. The first-order valence-corrected chi connectivity index (χ1v) is 11.0. The molecule has 4 rings (SSSR count). The maximum atomic E-state index is 12.6. The molecule has 0 spiro atoms. The molecule has 7 nitrogen and oxygen atoms in total. The minimum atomic E-state index is -0.0835. The van der Waals surface area contributed by atoms with Crippen LogP contribution in [0.4, 0.5) is 0 Å². The summed E-state index contributed by atoms with van der Waals surface area (Å²) in [4.78, 5) is 24.6. The molecule has 8 heteroatoms. The molecule has 1 unspecified atom stereocenters. The van der Waals surface area contributed by atoms with Gasteiger partial charge in [0.1, 0.15) is 0 Å². The minimum Gasteiger partial charge on any atom is -0.353 e. The zero-order valence-electron chi connectivity index (χ0n) is 16.6. The molecule has 1 saturated heterocycles. The summed E-state index contributed by atoms with van der Waals surface area (Å²) in [6.07, 6.45) is 10.6. The second kappa shape index (κ2) is 9.28. The topological polar surface area (TPSA) is 75.9 Å². The van der Waals surface area contributed by atoms with Gasteiger partial charge in [-0.15, -0.1) is 11.3 Å². The van der Waals surface area contributed by atoms with E-state index in [1.54, 1.807) is 29.9 Å². The van der Waals surface area contributed by atoms with Gasteiger partial charge in [-0.25, -0.2) is 0 Å². The fourth-order valence-electron chi connectivity index (χ4n) is 3.76.